The topological polar surface area (TPSA) is 86.7 Å². The van der Waals surface area contributed by atoms with Gasteiger partial charge in [0.1, 0.15) is 10.1 Å². The molecule has 0 saturated heterocycles. The first-order valence-electron chi connectivity index (χ1n) is 3.75. The normalized spacial score (nSPS) is 16.3. The fourth-order valence-electron chi connectivity index (χ4n) is 0.710. The summed E-state index contributed by atoms with van der Waals surface area (Å²) in [6.45, 7) is 2.91. The Labute approximate surface area is 106 Å². The van der Waals surface area contributed by atoms with Gasteiger partial charge in [0.05, 0.1) is 12.7 Å². The number of aliphatic hydroxyl groups excluding tert-OH is 1. The molecule has 0 aromatic heterocycles. The molecule has 0 aliphatic rings. The van der Waals surface area contributed by atoms with Crippen molar-refractivity contribution in [1.82, 2.24) is 0 Å². The number of ether oxygens (including phenoxy) is 1. The molecule has 78 valence electrons. The Morgan fingerprint density at radius 2 is 2.07 bits per heavy atom. The van der Waals surface area contributed by atoms with Crippen molar-refractivity contribution in [2.45, 2.75) is 25.4 Å². The van der Waals surface area contributed by atoms with Gasteiger partial charge >= 0.3 is 29.6 Å². The third-order valence-electron chi connectivity index (χ3n) is 1.27. The third-order valence-corrected chi connectivity index (χ3v) is 2.37. The van der Waals surface area contributed by atoms with Crippen molar-refractivity contribution in [3.8, 4) is 0 Å². The summed E-state index contributed by atoms with van der Waals surface area (Å²) in [6, 6.07) is 0. The van der Waals surface area contributed by atoms with E-state index in [1.807, 2.05) is 0 Å². The van der Waals surface area contributed by atoms with E-state index in [1.165, 1.54) is 6.92 Å². The van der Waals surface area contributed by atoms with Crippen molar-refractivity contribution in [3.63, 3.8) is 0 Å². The molecule has 5 nitrogen and oxygen atoms in total. The predicted octanol–water partition coefficient (Wildman–Crippen LogP) is -3.16. The van der Waals surface area contributed by atoms with Gasteiger partial charge in [-0.15, -0.1) is 0 Å². The van der Waals surface area contributed by atoms with E-state index in [4.69, 9.17) is 5.11 Å². The molecule has 0 rings (SSSR count). The van der Waals surface area contributed by atoms with Gasteiger partial charge in [-0.3, -0.25) is 0 Å². The minimum atomic E-state index is -4.60. The number of rotatable bonds is 5. The quantitative estimate of drug-likeness (QED) is 0.307. The van der Waals surface area contributed by atoms with Crippen molar-refractivity contribution in [1.29, 1.82) is 0 Å². The summed E-state index contributed by atoms with van der Waals surface area (Å²) in [6.07, 6.45) is 1.87. The molecule has 2 atom stereocenters. The molecule has 0 aliphatic heterocycles. The van der Waals surface area contributed by atoms with E-state index in [0.29, 0.717) is 0 Å². The Morgan fingerprint density at radius 1 is 1.57 bits per heavy atom. The molecule has 0 aromatic rings. The Kier molecular flexibility index (Phi) is 9.47. The Bertz CT molecular complexity index is 259. The molecule has 0 radical (unpaired) electrons. The van der Waals surface area contributed by atoms with Crippen molar-refractivity contribution in [2.24, 2.45) is 0 Å². The second kappa shape index (κ2) is 7.81. The molecule has 0 bridgehead atoms. The van der Waals surface area contributed by atoms with E-state index >= 15 is 0 Å². The van der Waals surface area contributed by atoms with Crippen LogP contribution < -0.4 is 29.6 Å². The standard InChI is InChI=1S/C7H14O5S.Na/c1-3-4-5-12-7(6(2)8)13(9,10)11;/h3-4,6-8H,5H2,1-2H3,(H,9,10,11);/q;+1/p-1. The first-order chi connectivity index (χ1) is 5.89. The monoisotopic (exact) mass is 232 g/mol. The van der Waals surface area contributed by atoms with Crippen molar-refractivity contribution < 1.29 is 52.4 Å². The second-order valence-electron chi connectivity index (χ2n) is 2.50. The summed E-state index contributed by atoms with van der Waals surface area (Å²) in [5.41, 5.74) is -1.69. The maximum atomic E-state index is 10.5. The molecule has 0 saturated carbocycles. The van der Waals surface area contributed by atoms with Crippen LogP contribution >= 0.6 is 0 Å². The molecule has 0 aliphatic carbocycles. The minimum absolute atomic E-state index is 0. The van der Waals surface area contributed by atoms with Gasteiger partial charge in [0.15, 0.2) is 5.44 Å². The fraction of sp³-hybridized carbons (Fsp3) is 0.714. The summed E-state index contributed by atoms with van der Waals surface area (Å²) in [7, 11) is -4.60. The summed E-state index contributed by atoms with van der Waals surface area (Å²) in [5.74, 6) is 0. The molecule has 0 amide bonds. The van der Waals surface area contributed by atoms with Crippen LogP contribution in [0.5, 0.6) is 0 Å². The number of hydrogen-bond acceptors (Lipinski definition) is 5. The van der Waals surface area contributed by atoms with Gasteiger partial charge < -0.3 is 14.4 Å². The summed E-state index contributed by atoms with van der Waals surface area (Å²) >= 11 is 0. The molecule has 0 spiro atoms. The Balaban J connectivity index is 0. The third kappa shape index (κ3) is 6.94. The number of aliphatic hydroxyl groups is 1. The molecule has 14 heavy (non-hydrogen) atoms. The smallest absolute Gasteiger partial charge is 0.746 e. The molecular formula is C7H13NaO5S. The van der Waals surface area contributed by atoms with Gasteiger partial charge in [-0.05, 0) is 13.8 Å². The first-order valence-corrected chi connectivity index (χ1v) is 5.22. The molecule has 1 N–H and O–H groups in total. The zero-order valence-electron chi connectivity index (χ0n) is 8.50. The number of allylic oxidation sites excluding steroid dienone is 1. The molecule has 0 aromatic carbocycles. The second-order valence-corrected chi connectivity index (χ2v) is 3.95. The van der Waals surface area contributed by atoms with Gasteiger partial charge in [0.2, 0.25) is 0 Å². The van der Waals surface area contributed by atoms with Crippen LogP contribution in [0, 0.1) is 0 Å². The maximum Gasteiger partial charge on any atom is 1.00 e. The van der Waals surface area contributed by atoms with Crippen LogP contribution in [0.4, 0.5) is 0 Å². The zero-order chi connectivity index (χ0) is 10.5. The molecular weight excluding hydrogens is 219 g/mol. The van der Waals surface area contributed by atoms with E-state index in [-0.39, 0.29) is 36.2 Å². The first kappa shape index (κ1) is 17.0. The van der Waals surface area contributed by atoms with Crippen molar-refractivity contribution >= 4 is 10.1 Å². The van der Waals surface area contributed by atoms with E-state index in [9.17, 15) is 13.0 Å². The number of hydrogen-bond donors (Lipinski definition) is 1. The largest absolute Gasteiger partial charge is 1.00 e. The van der Waals surface area contributed by atoms with Crippen LogP contribution in [0.25, 0.3) is 0 Å². The van der Waals surface area contributed by atoms with Gasteiger partial charge in [0.25, 0.3) is 0 Å². The average molecular weight is 232 g/mol. The summed E-state index contributed by atoms with van der Waals surface area (Å²) in [5, 5.41) is 8.92. The van der Waals surface area contributed by atoms with Crippen LogP contribution in [-0.2, 0) is 14.9 Å². The van der Waals surface area contributed by atoms with Crippen LogP contribution in [0.1, 0.15) is 13.8 Å². The average Bonchev–Trinajstić information content (AvgIpc) is 1.94. The van der Waals surface area contributed by atoms with Gasteiger partial charge in [-0.2, -0.15) is 0 Å². The van der Waals surface area contributed by atoms with E-state index < -0.39 is 21.7 Å². The van der Waals surface area contributed by atoms with Gasteiger partial charge in [-0.1, -0.05) is 12.2 Å². The summed E-state index contributed by atoms with van der Waals surface area (Å²) < 4.78 is 36.2. The minimum Gasteiger partial charge on any atom is -0.746 e. The fourth-order valence-corrected chi connectivity index (χ4v) is 1.44. The SMILES string of the molecule is CC=CCOC(C(C)O)S(=O)(=O)[O-].[Na+]. The van der Waals surface area contributed by atoms with E-state index in [1.54, 1.807) is 19.1 Å². The van der Waals surface area contributed by atoms with E-state index in [2.05, 4.69) is 4.74 Å². The molecule has 7 heteroatoms. The van der Waals surface area contributed by atoms with E-state index in [0.717, 1.165) is 0 Å². The van der Waals surface area contributed by atoms with Gasteiger partial charge in [-0.25, -0.2) is 8.42 Å². The van der Waals surface area contributed by atoms with Crippen molar-refractivity contribution in [2.75, 3.05) is 6.61 Å². The Morgan fingerprint density at radius 3 is 2.36 bits per heavy atom. The van der Waals surface area contributed by atoms with Crippen molar-refractivity contribution in [3.05, 3.63) is 12.2 Å². The van der Waals surface area contributed by atoms with Crippen LogP contribution in [-0.4, -0.2) is 36.2 Å². The molecule has 0 fully saturated rings. The van der Waals surface area contributed by atoms with Gasteiger partial charge in [0, 0.05) is 0 Å². The van der Waals surface area contributed by atoms with Crippen LogP contribution in [0.15, 0.2) is 12.2 Å². The molecule has 0 heterocycles. The van der Waals surface area contributed by atoms with Crippen LogP contribution in [0.2, 0.25) is 0 Å². The zero-order valence-corrected chi connectivity index (χ0v) is 11.3. The Hall–Kier alpha value is 0.570. The maximum absolute atomic E-state index is 10.5. The predicted molar refractivity (Wildman–Crippen MR) is 45.9 cm³/mol. The molecule has 2 unspecified atom stereocenters. The summed E-state index contributed by atoms with van der Waals surface area (Å²) in [4.78, 5) is 0. The van der Waals surface area contributed by atoms with Crippen LogP contribution in [0.3, 0.4) is 0 Å².